The molecule has 0 atom stereocenters. The van der Waals surface area contributed by atoms with E-state index in [-0.39, 0.29) is 5.69 Å². The summed E-state index contributed by atoms with van der Waals surface area (Å²) in [5.74, 6) is -0.857. The molecule has 1 amide bonds. The maximum atomic E-state index is 12.7. The molecule has 0 saturated carbocycles. The fourth-order valence-corrected chi connectivity index (χ4v) is 1.21. The van der Waals surface area contributed by atoms with Crippen LogP contribution in [0.1, 0.15) is 15.9 Å². The minimum atomic E-state index is -4.69. The molecular weight excluding hydrogens is 237 g/mol. The van der Waals surface area contributed by atoms with Crippen molar-refractivity contribution >= 4 is 11.6 Å². The van der Waals surface area contributed by atoms with Gasteiger partial charge in [0.2, 0.25) is 0 Å². The molecule has 0 saturated heterocycles. The molecule has 0 heterocycles. The Labute approximate surface area is 93.9 Å². The topological polar surface area (TPSA) is 77.9 Å². The fraction of sp³-hybridized carbons (Fsp3) is 0.222. The van der Waals surface area contributed by atoms with Gasteiger partial charge in [-0.2, -0.15) is 13.2 Å². The van der Waals surface area contributed by atoms with E-state index in [1.807, 2.05) is 0 Å². The number of nitrogens with one attached hydrogen (secondary N) is 1. The number of benzene rings is 1. The number of halogens is 3. The molecule has 0 aliphatic heterocycles. The van der Waals surface area contributed by atoms with Crippen LogP contribution in [-0.4, -0.2) is 13.0 Å². The molecule has 0 fully saturated rings. The Morgan fingerprint density at radius 3 is 2.59 bits per heavy atom. The van der Waals surface area contributed by atoms with Gasteiger partial charge in [0.25, 0.3) is 5.91 Å². The monoisotopic (exact) mass is 244 g/mol. The van der Waals surface area contributed by atoms with Gasteiger partial charge >= 0.3 is 6.18 Å². The van der Waals surface area contributed by atoms with Crippen LogP contribution in [0, 0.1) is 0 Å². The summed E-state index contributed by atoms with van der Waals surface area (Å²) in [6.07, 6.45) is -4.69. The Hall–Kier alpha value is -2.21. The molecule has 0 aromatic heterocycles. The molecular formula is C9H7F3N4O. The summed E-state index contributed by atoms with van der Waals surface area (Å²) in [5.41, 5.74) is 6.28. The van der Waals surface area contributed by atoms with E-state index in [0.717, 1.165) is 12.1 Å². The summed E-state index contributed by atoms with van der Waals surface area (Å²) in [4.78, 5) is 13.6. The molecule has 17 heavy (non-hydrogen) atoms. The van der Waals surface area contributed by atoms with E-state index in [4.69, 9.17) is 5.53 Å². The number of hydrogen-bond acceptors (Lipinski definition) is 2. The van der Waals surface area contributed by atoms with Crippen LogP contribution in [0.5, 0.6) is 0 Å². The average molecular weight is 244 g/mol. The highest BCUT2D eigenvalue weighted by atomic mass is 19.4. The van der Waals surface area contributed by atoms with Crippen molar-refractivity contribution in [2.45, 2.75) is 6.18 Å². The van der Waals surface area contributed by atoms with Gasteiger partial charge in [0, 0.05) is 17.6 Å². The highest BCUT2D eigenvalue weighted by molar-refractivity contribution is 5.96. The molecule has 0 bridgehead atoms. The van der Waals surface area contributed by atoms with Crippen LogP contribution in [0.2, 0.25) is 0 Å². The number of amides is 1. The standard InChI is InChI=1S/C9H7F3N4O/c1-14-8(17)6-3-2-5(15-16-13)4-7(6)9(10,11)12/h2-4H,1H3,(H,14,17). The normalized spacial score (nSPS) is 10.6. The van der Waals surface area contributed by atoms with Crippen LogP contribution < -0.4 is 5.32 Å². The molecule has 0 spiro atoms. The van der Waals surface area contributed by atoms with Gasteiger partial charge in [-0.1, -0.05) is 11.2 Å². The maximum Gasteiger partial charge on any atom is 0.417 e. The van der Waals surface area contributed by atoms with Crippen molar-refractivity contribution < 1.29 is 18.0 Å². The summed E-state index contributed by atoms with van der Waals surface area (Å²) in [7, 11) is 1.23. The Morgan fingerprint density at radius 1 is 1.47 bits per heavy atom. The predicted molar refractivity (Wildman–Crippen MR) is 53.6 cm³/mol. The second kappa shape index (κ2) is 4.75. The number of nitrogens with zero attached hydrogens (tertiary/aromatic N) is 3. The first-order valence-electron chi connectivity index (χ1n) is 4.38. The van der Waals surface area contributed by atoms with Crippen LogP contribution in [0.3, 0.4) is 0 Å². The van der Waals surface area contributed by atoms with E-state index in [0.29, 0.717) is 6.07 Å². The molecule has 1 aromatic carbocycles. The molecule has 0 radical (unpaired) electrons. The quantitative estimate of drug-likeness (QED) is 0.484. The van der Waals surface area contributed by atoms with Gasteiger partial charge in [0.05, 0.1) is 11.1 Å². The first-order valence-corrected chi connectivity index (χ1v) is 4.38. The molecule has 0 aliphatic carbocycles. The molecule has 90 valence electrons. The Morgan fingerprint density at radius 2 is 2.12 bits per heavy atom. The van der Waals surface area contributed by atoms with Crippen LogP contribution in [0.4, 0.5) is 18.9 Å². The van der Waals surface area contributed by atoms with Crippen LogP contribution in [0.25, 0.3) is 10.4 Å². The summed E-state index contributed by atoms with van der Waals surface area (Å²) >= 11 is 0. The van der Waals surface area contributed by atoms with Crippen molar-refractivity contribution in [2.75, 3.05) is 7.05 Å². The van der Waals surface area contributed by atoms with Gasteiger partial charge in [-0.3, -0.25) is 4.79 Å². The molecule has 5 nitrogen and oxygen atoms in total. The van der Waals surface area contributed by atoms with E-state index in [9.17, 15) is 18.0 Å². The van der Waals surface area contributed by atoms with E-state index in [2.05, 4.69) is 15.3 Å². The SMILES string of the molecule is CNC(=O)c1ccc(N=[N+]=[N-])cc1C(F)(F)F. The number of carbonyl (C=O) groups excluding carboxylic acids is 1. The molecule has 8 heteroatoms. The van der Waals surface area contributed by atoms with Gasteiger partial charge in [-0.15, -0.1) is 0 Å². The third kappa shape index (κ3) is 2.88. The molecule has 0 aliphatic rings. The van der Waals surface area contributed by atoms with Gasteiger partial charge in [0.15, 0.2) is 0 Å². The van der Waals surface area contributed by atoms with E-state index in [1.54, 1.807) is 0 Å². The average Bonchev–Trinajstić information content (AvgIpc) is 2.27. The molecule has 1 N–H and O–H groups in total. The van der Waals surface area contributed by atoms with Crippen molar-refractivity contribution in [1.29, 1.82) is 0 Å². The van der Waals surface area contributed by atoms with E-state index < -0.39 is 23.2 Å². The zero-order valence-electron chi connectivity index (χ0n) is 8.62. The number of rotatable bonds is 2. The molecule has 1 aromatic rings. The van der Waals surface area contributed by atoms with Crippen LogP contribution >= 0.6 is 0 Å². The number of carbonyl (C=O) groups is 1. The number of hydrogen-bond donors (Lipinski definition) is 1. The third-order valence-corrected chi connectivity index (χ3v) is 1.94. The lowest BCUT2D eigenvalue weighted by molar-refractivity contribution is -0.137. The Kier molecular flexibility index (Phi) is 3.59. The van der Waals surface area contributed by atoms with Crippen LogP contribution in [-0.2, 0) is 6.18 Å². The molecule has 1 rings (SSSR count). The van der Waals surface area contributed by atoms with Gasteiger partial charge in [0.1, 0.15) is 0 Å². The zero-order chi connectivity index (χ0) is 13.1. The summed E-state index contributed by atoms with van der Waals surface area (Å²) in [5, 5.41) is 5.16. The van der Waals surface area contributed by atoms with Crippen molar-refractivity contribution in [3.8, 4) is 0 Å². The fourth-order valence-electron chi connectivity index (χ4n) is 1.21. The van der Waals surface area contributed by atoms with Gasteiger partial charge in [-0.05, 0) is 17.7 Å². The van der Waals surface area contributed by atoms with Crippen LogP contribution in [0.15, 0.2) is 23.3 Å². The van der Waals surface area contributed by atoms with E-state index >= 15 is 0 Å². The van der Waals surface area contributed by atoms with Crippen molar-refractivity contribution in [3.63, 3.8) is 0 Å². The van der Waals surface area contributed by atoms with Crippen molar-refractivity contribution in [2.24, 2.45) is 5.11 Å². The summed E-state index contributed by atoms with van der Waals surface area (Å²) in [6.45, 7) is 0. The van der Waals surface area contributed by atoms with Gasteiger partial charge < -0.3 is 5.32 Å². The second-order valence-corrected chi connectivity index (χ2v) is 3.00. The number of azide groups is 1. The third-order valence-electron chi connectivity index (χ3n) is 1.94. The van der Waals surface area contributed by atoms with Crippen molar-refractivity contribution in [3.05, 3.63) is 39.8 Å². The predicted octanol–water partition coefficient (Wildman–Crippen LogP) is 3.01. The molecule has 0 unspecified atom stereocenters. The Bertz CT molecular complexity index is 492. The highest BCUT2D eigenvalue weighted by Gasteiger charge is 2.35. The minimum Gasteiger partial charge on any atom is -0.355 e. The second-order valence-electron chi connectivity index (χ2n) is 3.00. The summed E-state index contributed by atoms with van der Waals surface area (Å²) < 4.78 is 38.0. The zero-order valence-corrected chi connectivity index (χ0v) is 8.62. The largest absolute Gasteiger partial charge is 0.417 e. The highest BCUT2D eigenvalue weighted by Crippen LogP contribution is 2.34. The smallest absolute Gasteiger partial charge is 0.355 e. The van der Waals surface area contributed by atoms with E-state index in [1.165, 1.54) is 7.05 Å². The number of alkyl halides is 3. The lowest BCUT2D eigenvalue weighted by Crippen LogP contribution is -2.22. The Balaban J connectivity index is 3.42. The minimum absolute atomic E-state index is 0.201. The maximum absolute atomic E-state index is 12.7. The summed E-state index contributed by atoms with van der Waals surface area (Å²) in [6, 6.07) is 2.73. The van der Waals surface area contributed by atoms with Gasteiger partial charge in [-0.25, -0.2) is 0 Å². The lowest BCUT2D eigenvalue weighted by Gasteiger charge is -2.12. The first kappa shape index (κ1) is 12.9. The van der Waals surface area contributed by atoms with Crippen molar-refractivity contribution in [1.82, 2.24) is 5.32 Å². The lowest BCUT2D eigenvalue weighted by atomic mass is 10.1. The first-order chi connectivity index (χ1) is 7.90.